The molecule has 1 fully saturated rings. The molecule has 3 aromatic rings. The van der Waals surface area contributed by atoms with Gasteiger partial charge in [-0.25, -0.2) is 0 Å². The number of ether oxygens (including phenoxy) is 1. The molecule has 0 aliphatic heterocycles. The Morgan fingerprint density at radius 1 is 0.966 bits per heavy atom. The van der Waals surface area contributed by atoms with Crippen molar-refractivity contribution in [2.24, 2.45) is 5.92 Å². The molecular formula is C26H32N2O. The van der Waals surface area contributed by atoms with Crippen LogP contribution in [0.15, 0.2) is 54.7 Å². The lowest BCUT2D eigenvalue weighted by Gasteiger charge is -2.52. The maximum Gasteiger partial charge on any atom is 0.0959 e. The monoisotopic (exact) mass is 388 g/mol. The summed E-state index contributed by atoms with van der Waals surface area (Å²) in [4.78, 5) is 0. The van der Waals surface area contributed by atoms with Crippen LogP contribution in [0, 0.1) is 19.8 Å². The Labute approximate surface area is 174 Å². The van der Waals surface area contributed by atoms with E-state index in [4.69, 9.17) is 9.84 Å². The van der Waals surface area contributed by atoms with E-state index >= 15 is 0 Å². The van der Waals surface area contributed by atoms with E-state index in [0.717, 1.165) is 18.7 Å². The summed E-state index contributed by atoms with van der Waals surface area (Å²) in [5.41, 5.74) is 7.77. The van der Waals surface area contributed by atoms with Crippen molar-refractivity contribution in [2.75, 3.05) is 7.11 Å². The van der Waals surface area contributed by atoms with Crippen LogP contribution < -0.4 is 0 Å². The number of aromatic nitrogens is 2. The lowest BCUT2D eigenvalue weighted by Crippen LogP contribution is -2.48. The first-order valence-corrected chi connectivity index (χ1v) is 10.8. The third-order valence-corrected chi connectivity index (χ3v) is 6.69. The molecule has 4 rings (SSSR count). The molecule has 3 nitrogen and oxygen atoms in total. The van der Waals surface area contributed by atoms with Gasteiger partial charge in [-0.2, -0.15) is 5.10 Å². The quantitative estimate of drug-likeness (QED) is 0.509. The van der Waals surface area contributed by atoms with Crippen molar-refractivity contribution in [3.63, 3.8) is 0 Å². The van der Waals surface area contributed by atoms with Crippen LogP contribution in [0.25, 0.3) is 11.3 Å². The van der Waals surface area contributed by atoms with Crippen LogP contribution in [0.3, 0.4) is 0 Å². The van der Waals surface area contributed by atoms with Crippen molar-refractivity contribution in [3.05, 3.63) is 77.0 Å². The van der Waals surface area contributed by atoms with Crippen LogP contribution in [-0.4, -0.2) is 23.0 Å². The molecule has 2 aromatic carbocycles. The number of aryl methyl sites for hydroxylation is 3. The zero-order valence-electron chi connectivity index (χ0n) is 18.2. The van der Waals surface area contributed by atoms with E-state index in [2.05, 4.69) is 87.1 Å². The number of benzene rings is 2. The predicted molar refractivity (Wildman–Crippen MR) is 119 cm³/mol. The molecule has 29 heavy (non-hydrogen) atoms. The zero-order valence-corrected chi connectivity index (χ0v) is 18.2. The van der Waals surface area contributed by atoms with Gasteiger partial charge in [-0.1, -0.05) is 67.4 Å². The van der Waals surface area contributed by atoms with Crippen LogP contribution in [0.1, 0.15) is 54.4 Å². The maximum atomic E-state index is 6.14. The molecule has 4 atom stereocenters. The summed E-state index contributed by atoms with van der Waals surface area (Å²) >= 11 is 0. The zero-order chi connectivity index (χ0) is 20.5. The normalized spacial score (nSPS) is 23.8. The van der Waals surface area contributed by atoms with Crippen LogP contribution in [0.5, 0.6) is 0 Å². The standard InChI is InChI=1S/C26H32N2O/c1-6-20-23(21-15-17(3)13-14-18(21)4)26(29-5)24(20)22-16-28(7-2)27-25(22)19-11-9-8-10-12-19/h8-16,20,23-24,26H,6-7H2,1-5H3. The van der Waals surface area contributed by atoms with Crippen LogP contribution in [0.2, 0.25) is 0 Å². The minimum absolute atomic E-state index is 0.178. The largest absolute Gasteiger partial charge is 0.380 e. The van der Waals surface area contributed by atoms with Crippen molar-refractivity contribution >= 4 is 0 Å². The lowest BCUT2D eigenvalue weighted by molar-refractivity contribution is -0.0520. The fourth-order valence-corrected chi connectivity index (χ4v) is 5.19. The highest BCUT2D eigenvalue weighted by atomic mass is 16.5. The Morgan fingerprint density at radius 2 is 1.69 bits per heavy atom. The molecule has 1 aliphatic carbocycles. The molecule has 0 saturated heterocycles. The van der Waals surface area contributed by atoms with Crippen LogP contribution in [0.4, 0.5) is 0 Å². The first-order chi connectivity index (χ1) is 14.1. The van der Waals surface area contributed by atoms with Gasteiger partial charge >= 0.3 is 0 Å². The van der Waals surface area contributed by atoms with E-state index in [0.29, 0.717) is 17.8 Å². The van der Waals surface area contributed by atoms with Gasteiger partial charge in [-0.3, -0.25) is 4.68 Å². The summed E-state index contributed by atoms with van der Waals surface area (Å²) < 4.78 is 8.22. The molecule has 1 aliphatic rings. The average Bonchev–Trinajstić information content (AvgIpc) is 3.15. The SMILES string of the molecule is CCC1C(c2cc(C)ccc2C)C(OC)C1c1cn(CC)nc1-c1ccccc1. The molecule has 0 amide bonds. The average molecular weight is 389 g/mol. The highest BCUT2D eigenvalue weighted by Gasteiger charge is 2.52. The molecule has 4 unspecified atom stereocenters. The topological polar surface area (TPSA) is 27.1 Å². The van der Waals surface area contributed by atoms with E-state index in [1.54, 1.807) is 0 Å². The van der Waals surface area contributed by atoms with Crippen LogP contribution in [-0.2, 0) is 11.3 Å². The molecule has 0 N–H and O–H groups in total. The van der Waals surface area contributed by atoms with E-state index in [-0.39, 0.29) is 6.10 Å². The van der Waals surface area contributed by atoms with Gasteiger partial charge < -0.3 is 4.74 Å². The number of rotatable bonds is 6. The van der Waals surface area contributed by atoms with Gasteiger partial charge in [0.05, 0.1) is 11.8 Å². The number of hydrogen-bond donors (Lipinski definition) is 0. The van der Waals surface area contributed by atoms with Gasteiger partial charge in [0.25, 0.3) is 0 Å². The number of hydrogen-bond acceptors (Lipinski definition) is 2. The van der Waals surface area contributed by atoms with E-state index < -0.39 is 0 Å². The van der Waals surface area contributed by atoms with Gasteiger partial charge in [-0.05, 0) is 37.8 Å². The lowest BCUT2D eigenvalue weighted by atomic mass is 9.56. The summed E-state index contributed by atoms with van der Waals surface area (Å²) in [6, 6.07) is 17.4. The molecule has 1 saturated carbocycles. The number of methoxy groups -OCH3 is 1. The molecule has 152 valence electrons. The summed E-state index contributed by atoms with van der Waals surface area (Å²) in [5.74, 6) is 1.35. The summed E-state index contributed by atoms with van der Waals surface area (Å²) in [7, 11) is 1.87. The van der Waals surface area contributed by atoms with Gasteiger partial charge in [0.1, 0.15) is 0 Å². The third-order valence-electron chi connectivity index (χ3n) is 6.69. The highest BCUT2D eigenvalue weighted by Crippen LogP contribution is 2.57. The molecule has 0 spiro atoms. The predicted octanol–water partition coefficient (Wildman–Crippen LogP) is 6.11. The van der Waals surface area contributed by atoms with Gasteiger partial charge in [0, 0.05) is 42.8 Å². The molecule has 0 radical (unpaired) electrons. The first-order valence-electron chi connectivity index (χ1n) is 10.8. The van der Waals surface area contributed by atoms with Crippen LogP contribution >= 0.6 is 0 Å². The minimum atomic E-state index is 0.178. The molecule has 0 bridgehead atoms. The molecular weight excluding hydrogens is 356 g/mol. The molecule has 1 heterocycles. The van der Waals surface area contributed by atoms with Crippen molar-refractivity contribution in [2.45, 2.75) is 58.6 Å². The minimum Gasteiger partial charge on any atom is -0.380 e. The molecule has 3 heteroatoms. The fraction of sp³-hybridized carbons (Fsp3) is 0.423. The van der Waals surface area contributed by atoms with Gasteiger partial charge in [0.15, 0.2) is 0 Å². The second-order valence-electron chi connectivity index (χ2n) is 8.34. The Balaban J connectivity index is 1.78. The number of nitrogens with zero attached hydrogens (tertiary/aromatic N) is 2. The molecule has 1 aromatic heterocycles. The van der Waals surface area contributed by atoms with E-state index in [1.807, 2.05) is 7.11 Å². The Kier molecular flexibility index (Phi) is 5.60. The van der Waals surface area contributed by atoms with E-state index in [9.17, 15) is 0 Å². The Morgan fingerprint density at radius 3 is 2.34 bits per heavy atom. The van der Waals surface area contributed by atoms with Crippen molar-refractivity contribution in [1.82, 2.24) is 9.78 Å². The van der Waals surface area contributed by atoms with Gasteiger partial charge in [0.2, 0.25) is 0 Å². The summed E-state index contributed by atoms with van der Waals surface area (Å²) in [6.07, 6.45) is 3.56. The second-order valence-corrected chi connectivity index (χ2v) is 8.34. The summed E-state index contributed by atoms with van der Waals surface area (Å²) in [5, 5.41) is 4.93. The van der Waals surface area contributed by atoms with E-state index in [1.165, 1.54) is 27.8 Å². The third kappa shape index (κ3) is 3.42. The summed E-state index contributed by atoms with van der Waals surface area (Å²) in [6.45, 7) is 9.75. The van der Waals surface area contributed by atoms with Crippen molar-refractivity contribution < 1.29 is 4.74 Å². The van der Waals surface area contributed by atoms with Gasteiger partial charge in [-0.15, -0.1) is 0 Å². The fourth-order valence-electron chi connectivity index (χ4n) is 5.19. The maximum absolute atomic E-state index is 6.14. The smallest absolute Gasteiger partial charge is 0.0959 e. The highest BCUT2D eigenvalue weighted by molar-refractivity contribution is 5.64. The Bertz CT molecular complexity index is 964. The van der Waals surface area contributed by atoms with Crippen molar-refractivity contribution in [1.29, 1.82) is 0 Å². The second kappa shape index (κ2) is 8.16. The Hall–Kier alpha value is -2.39. The van der Waals surface area contributed by atoms with Crippen molar-refractivity contribution in [3.8, 4) is 11.3 Å². The first kappa shape index (κ1) is 19.9.